The fraction of sp³-hybridized carbons (Fsp3) is 0.308. The molecule has 1 saturated heterocycles. The third-order valence-electron chi connectivity index (χ3n) is 5.75. The van der Waals surface area contributed by atoms with Gasteiger partial charge >= 0.3 is 5.97 Å². The van der Waals surface area contributed by atoms with E-state index >= 15 is 0 Å². The molecule has 2 aliphatic heterocycles. The summed E-state index contributed by atoms with van der Waals surface area (Å²) in [5.41, 5.74) is 1.39. The normalized spacial score (nSPS) is 16.2. The van der Waals surface area contributed by atoms with E-state index in [4.69, 9.17) is 16.3 Å². The summed E-state index contributed by atoms with van der Waals surface area (Å²) in [5, 5.41) is 2.63. The van der Waals surface area contributed by atoms with E-state index < -0.39 is 17.8 Å². The molecule has 2 aromatic carbocycles. The van der Waals surface area contributed by atoms with Gasteiger partial charge in [0.05, 0.1) is 17.4 Å². The minimum atomic E-state index is -0.703. The number of benzene rings is 2. The van der Waals surface area contributed by atoms with Crippen LogP contribution in [0.3, 0.4) is 0 Å². The molecule has 0 aliphatic carbocycles. The highest BCUT2D eigenvalue weighted by atomic mass is 35.5. The van der Waals surface area contributed by atoms with Gasteiger partial charge in [-0.3, -0.25) is 14.4 Å². The molecule has 4 rings (SSSR count). The van der Waals surface area contributed by atoms with Crippen LogP contribution < -0.4 is 10.2 Å². The van der Waals surface area contributed by atoms with Gasteiger partial charge in [-0.1, -0.05) is 17.7 Å². The molecule has 182 valence electrons. The van der Waals surface area contributed by atoms with Crippen molar-refractivity contribution in [1.82, 2.24) is 4.90 Å². The number of nitrogens with zero attached hydrogens (tertiary/aromatic N) is 2. The van der Waals surface area contributed by atoms with E-state index in [1.54, 1.807) is 50.2 Å². The number of carbonyl (C=O) groups is 4. The summed E-state index contributed by atoms with van der Waals surface area (Å²) in [6, 6.07) is 12.7. The molecule has 2 heterocycles. The molecule has 3 amide bonds. The lowest BCUT2D eigenvalue weighted by atomic mass is 10.1. The first kappa shape index (κ1) is 24.5. The standard InChI is InChI=1S/C26H26ClN3O5/c1-16(2)35-26(34)18-7-6-8-20(15-18)30-24(32)21(27)22(25(30)33)28-19-11-9-17(10-12-19)23(31)29-13-4-3-5-14-29/h6-12,15-16,28H,3-5,13-14H2,1-2H3. The Kier molecular flexibility index (Phi) is 7.21. The molecule has 2 aromatic rings. The van der Waals surface area contributed by atoms with Gasteiger partial charge in [-0.05, 0) is 75.6 Å². The molecule has 0 atom stereocenters. The molecule has 0 aromatic heterocycles. The lowest BCUT2D eigenvalue weighted by Gasteiger charge is -2.26. The van der Waals surface area contributed by atoms with Gasteiger partial charge in [0.25, 0.3) is 17.7 Å². The van der Waals surface area contributed by atoms with Gasteiger partial charge in [0.1, 0.15) is 10.7 Å². The number of carbonyl (C=O) groups excluding carboxylic acids is 4. The van der Waals surface area contributed by atoms with E-state index in [2.05, 4.69) is 5.32 Å². The highest BCUT2D eigenvalue weighted by Gasteiger charge is 2.39. The molecule has 9 heteroatoms. The minimum Gasteiger partial charge on any atom is -0.459 e. The third kappa shape index (κ3) is 5.22. The largest absolute Gasteiger partial charge is 0.459 e. The van der Waals surface area contributed by atoms with Gasteiger partial charge < -0.3 is 15.0 Å². The van der Waals surface area contributed by atoms with Gasteiger partial charge in [-0.2, -0.15) is 0 Å². The molecular formula is C26H26ClN3O5. The van der Waals surface area contributed by atoms with Gasteiger partial charge in [-0.15, -0.1) is 0 Å². The van der Waals surface area contributed by atoms with Crippen LogP contribution in [0.2, 0.25) is 0 Å². The van der Waals surface area contributed by atoms with Crippen LogP contribution in [0, 0.1) is 0 Å². The second-order valence-electron chi connectivity index (χ2n) is 8.69. The van der Waals surface area contributed by atoms with E-state index in [-0.39, 0.29) is 34.0 Å². The van der Waals surface area contributed by atoms with Crippen LogP contribution in [0.4, 0.5) is 11.4 Å². The van der Waals surface area contributed by atoms with Crippen molar-refractivity contribution < 1.29 is 23.9 Å². The maximum atomic E-state index is 13.1. The van der Waals surface area contributed by atoms with Crippen LogP contribution >= 0.6 is 11.6 Å². The van der Waals surface area contributed by atoms with E-state index in [1.165, 1.54) is 12.1 Å². The molecule has 0 unspecified atom stereocenters. The smallest absolute Gasteiger partial charge is 0.338 e. The Balaban J connectivity index is 1.49. The second-order valence-corrected chi connectivity index (χ2v) is 9.07. The van der Waals surface area contributed by atoms with E-state index in [0.29, 0.717) is 11.3 Å². The Morgan fingerprint density at radius 2 is 1.63 bits per heavy atom. The maximum Gasteiger partial charge on any atom is 0.338 e. The number of esters is 1. The maximum absolute atomic E-state index is 13.1. The Morgan fingerprint density at radius 1 is 0.943 bits per heavy atom. The molecule has 0 bridgehead atoms. The first-order valence-electron chi connectivity index (χ1n) is 11.5. The second kappa shape index (κ2) is 10.3. The van der Waals surface area contributed by atoms with Crippen molar-refractivity contribution in [2.75, 3.05) is 23.3 Å². The number of halogens is 1. The predicted octanol–water partition coefficient (Wildman–Crippen LogP) is 4.31. The Bertz CT molecular complexity index is 1200. The lowest BCUT2D eigenvalue weighted by Crippen LogP contribution is -2.35. The Morgan fingerprint density at radius 3 is 2.29 bits per heavy atom. The van der Waals surface area contributed by atoms with Crippen molar-refractivity contribution >= 4 is 46.7 Å². The predicted molar refractivity (Wildman–Crippen MR) is 132 cm³/mol. The van der Waals surface area contributed by atoms with Crippen LogP contribution in [0.15, 0.2) is 59.3 Å². The highest BCUT2D eigenvalue weighted by Crippen LogP contribution is 2.31. The number of hydrogen-bond donors (Lipinski definition) is 1. The molecular weight excluding hydrogens is 470 g/mol. The molecule has 2 aliphatic rings. The summed E-state index contributed by atoms with van der Waals surface area (Å²) >= 11 is 6.23. The van der Waals surface area contributed by atoms with Crippen molar-refractivity contribution in [2.24, 2.45) is 0 Å². The van der Waals surface area contributed by atoms with Crippen molar-refractivity contribution in [3.63, 3.8) is 0 Å². The highest BCUT2D eigenvalue weighted by molar-refractivity contribution is 6.53. The summed E-state index contributed by atoms with van der Waals surface area (Å²) in [4.78, 5) is 53.6. The minimum absolute atomic E-state index is 0.0253. The van der Waals surface area contributed by atoms with Crippen LogP contribution in [0.25, 0.3) is 0 Å². The zero-order chi connectivity index (χ0) is 25.1. The first-order chi connectivity index (χ1) is 16.8. The number of anilines is 2. The van der Waals surface area contributed by atoms with Gasteiger partial charge in [0.2, 0.25) is 0 Å². The van der Waals surface area contributed by atoms with Crippen LogP contribution in [0.5, 0.6) is 0 Å². The molecule has 0 spiro atoms. The molecule has 35 heavy (non-hydrogen) atoms. The summed E-state index contributed by atoms with van der Waals surface area (Å²) in [7, 11) is 0. The van der Waals surface area contributed by atoms with Gasteiger partial charge in [-0.25, -0.2) is 9.69 Å². The van der Waals surface area contributed by atoms with Gasteiger partial charge in [0, 0.05) is 24.3 Å². The zero-order valence-electron chi connectivity index (χ0n) is 19.5. The number of piperidine rings is 1. The van der Waals surface area contributed by atoms with E-state index in [9.17, 15) is 19.2 Å². The summed E-state index contributed by atoms with van der Waals surface area (Å²) in [5.74, 6) is -1.94. The molecule has 8 nitrogen and oxygen atoms in total. The number of rotatable bonds is 6. The molecule has 0 saturated carbocycles. The summed E-state index contributed by atoms with van der Waals surface area (Å²) in [6.45, 7) is 4.97. The molecule has 0 radical (unpaired) electrons. The number of amides is 3. The van der Waals surface area contributed by atoms with E-state index in [0.717, 1.165) is 37.3 Å². The molecule has 1 fully saturated rings. The van der Waals surface area contributed by atoms with Crippen molar-refractivity contribution in [3.05, 3.63) is 70.4 Å². The van der Waals surface area contributed by atoms with Crippen LogP contribution in [0.1, 0.15) is 53.8 Å². The topological polar surface area (TPSA) is 96.0 Å². The monoisotopic (exact) mass is 495 g/mol. The Hall–Kier alpha value is -3.65. The first-order valence-corrected chi connectivity index (χ1v) is 11.9. The SMILES string of the molecule is CC(C)OC(=O)c1cccc(N2C(=O)C(Cl)=C(Nc3ccc(C(=O)N4CCCCC4)cc3)C2=O)c1. The Labute approximate surface area is 208 Å². The van der Waals surface area contributed by atoms with Crippen LogP contribution in [-0.4, -0.2) is 47.8 Å². The number of hydrogen-bond acceptors (Lipinski definition) is 6. The quantitative estimate of drug-likeness (QED) is 0.474. The number of nitrogens with one attached hydrogen (secondary N) is 1. The third-order valence-corrected chi connectivity index (χ3v) is 6.11. The van der Waals surface area contributed by atoms with Crippen molar-refractivity contribution in [3.8, 4) is 0 Å². The van der Waals surface area contributed by atoms with Crippen molar-refractivity contribution in [2.45, 2.75) is 39.2 Å². The van der Waals surface area contributed by atoms with Crippen LogP contribution in [-0.2, 0) is 14.3 Å². The number of likely N-dealkylation sites (tertiary alicyclic amines) is 1. The molecule has 1 N–H and O–H groups in total. The van der Waals surface area contributed by atoms with Crippen molar-refractivity contribution in [1.29, 1.82) is 0 Å². The average Bonchev–Trinajstić information content (AvgIpc) is 3.07. The zero-order valence-corrected chi connectivity index (χ0v) is 20.3. The van der Waals surface area contributed by atoms with E-state index in [1.807, 2.05) is 4.90 Å². The fourth-order valence-electron chi connectivity index (χ4n) is 4.02. The lowest BCUT2D eigenvalue weighted by molar-refractivity contribution is -0.120. The number of imide groups is 1. The fourth-order valence-corrected chi connectivity index (χ4v) is 4.23. The van der Waals surface area contributed by atoms with Gasteiger partial charge in [0.15, 0.2) is 0 Å². The average molecular weight is 496 g/mol. The number of ether oxygens (including phenoxy) is 1. The summed E-state index contributed by atoms with van der Waals surface area (Å²) in [6.07, 6.45) is 2.84. The summed E-state index contributed by atoms with van der Waals surface area (Å²) < 4.78 is 5.19.